The van der Waals surface area contributed by atoms with Crippen molar-refractivity contribution in [1.82, 2.24) is 10.6 Å². The van der Waals surface area contributed by atoms with Crippen molar-refractivity contribution in [3.8, 4) is 5.75 Å². The zero-order valence-corrected chi connectivity index (χ0v) is 16.1. The number of rotatable bonds is 10. The molecule has 25 heavy (non-hydrogen) atoms. The van der Waals surface area contributed by atoms with Crippen LogP contribution in [0.4, 0.5) is 4.39 Å². The third kappa shape index (κ3) is 7.73. The van der Waals surface area contributed by atoms with Crippen LogP contribution in [0.2, 0.25) is 0 Å². The zero-order valence-electron chi connectivity index (χ0n) is 16.1. The molecule has 1 aromatic carbocycles. The summed E-state index contributed by atoms with van der Waals surface area (Å²) >= 11 is 0. The Bertz CT molecular complexity index is 535. The van der Waals surface area contributed by atoms with Gasteiger partial charge in [-0.25, -0.2) is 4.39 Å². The van der Waals surface area contributed by atoms with E-state index >= 15 is 0 Å². The van der Waals surface area contributed by atoms with Gasteiger partial charge in [-0.05, 0) is 43.9 Å². The van der Waals surface area contributed by atoms with E-state index in [0.717, 1.165) is 25.1 Å². The molecule has 0 bridgehead atoms. The highest BCUT2D eigenvalue weighted by atomic mass is 19.1. The van der Waals surface area contributed by atoms with E-state index in [2.05, 4.69) is 29.5 Å². The lowest BCUT2D eigenvalue weighted by Gasteiger charge is -2.21. The molecule has 0 heterocycles. The number of aliphatic imine (C=N–C) groups is 1. The van der Waals surface area contributed by atoms with Crippen molar-refractivity contribution in [2.24, 2.45) is 10.9 Å². The first-order valence-corrected chi connectivity index (χ1v) is 8.99. The Balaban J connectivity index is 2.45. The number of nitrogens with zero attached hydrogens (tertiary/aromatic N) is 1. The fourth-order valence-electron chi connectivity index (χ4n) is 2.49. The third-order valence-electron chi connectivity index (χ3n) is 3.83. The van der Waals surface area contributed by atoms with Gasteiger partial charge in [-0.15, -0.1) is 0 Å². The van der Waals surface area contributed by atoms with Gasteiger partial charge < -0.3 is 20.1 Å². The van der Waals surface area contributed by atoms with E-state index < -0.39 is 0 Å². The number of benzene rings is 1. The SMILES string of the molecule is CCOc1ccc(CNC(=NC)NCCC(OCC)C(C)C)cc1F. The summed E-state index contributed by atoms with van der Waals surface area (Å²) in [5.74, 6) is 1.10. The number of halogens is 1. The summed E-state index contributed by atoms with van der Waals surface area (Å²) in [6.45, 7) is 10.6. The predicted octanol–water partition coefficient (Wildman–Crippen LogP) is 3.34. The molecule has 0 aliphatic rings. The minimum Gasteiger partial charge on any atom is -0.491 e. The molecule has 0 spiro atoms. The molecule has 0 aliphatic carbocycles. The van der Waals surface area contributed by atoms with Gasteiger partial charge in [-0.3, -0.25) is 4.99 Å². The third-order valence-corrected chi connectivity index (χ3v) is 3.83. The second-order valence-corrected chi connectivity index (χ2v) is 6.08. The Hall–Kier alpha value is -1.82. The largest absolute Gasteiger partial charge is 0.491 e. The maximum atomic E-state index is 13.9. The fraction of sp³-hybridized carbons (Fsp3) is 0.632. The lowest BCUT2D eigenvalue weighted by molar-refractivity contribution is 0.0258. The summed E-state index contributed by atoms with van der Waals surface area (Å²) in [4.78, 5) is 4.20. The molecule has 1 rings (SSSR count). The summed E-state index contributed by atoms with van der Waals surface area (Å²) in [7, 11) is 1.72. The van der Waals surface area contributed by atoms with Crippen LogP contribution in [0.15, 0.2) is 23.2 Å². The van der Waals surface area contributed by atoms with E-state index in [1.165, 1.54) is 6.07 Å². The van der Waals surface area contributed by atoms with Crippen LogP contribution in [0.5, 0.6) is 5.75 Å². The number of nitrogens with one attached hydrogen (secondary N) is 2. The average molecular weight is 353 g/mol. The van der Waals surface area contributed by atoms with E-state index in [-0.39, 0.29) is 17.7 Å². The fourth-order valence-corrected chi connectivity index (χ4v) is 2.49. The van der Waals surface area contributed by atoms with Crippen molar-refractivity contribution < 1.29 is 13.9 Å². The Labute approximate surface area is 151 Å². The molecule has 142 valence electrons. The second-order valence-electron chi connectivity index (χ2n) is 6.08. The van der Waals surface area contributed by atoms with Crippen LogP contribution in [-0.2, 0) is 11.3 Å². The van der Waals surface area contributed by atoms with E-state index in [1.807, 2.05) is 19.9 Å². The molecule has 6 heteroatoms. The molecule has 0 radical (unpaired) electrons. The van der Waals surface area contributed by atoms with E-state index in [0.29, 0.717) is 25.0 Å². The normalized spacial score (nSPS) is 13.0. The highest BCUT2D eigenvalue weighted by Crippen LogP contribution is 2.18. The molecule has 0 fully saturated rings. The molecule has 0 aliphatic heterocycles. The Morgan fingerprint density at radius 1 is 1.20 bits per heavy atom. The first-order valence-electron chi connectivity index (χ1n) is 8.99. The quantitative estimate of drug-likeness (QED) is 0.500. The molecule has 0 aromatic heterocycles. The lowest BCUT2D eigenvalue weighted by atomic mass is 10.0. The Morgan fingerprint density at radius 3 is 2.52 bits per heavy atom. The molecule has 1 aromatic rings. The van der Waals surface area contributed by atoms with Crippen LogP contribution in [0.1, 0.15) is 39.7 Å². The van der Waals surface area contributed by atoms with Crippen molar-refractivity contribution in [2.45, 2.75) is 46.8 Å². The summed E-state index contributed by atoms with van der Waals surface area (Å²) in [5, 5.41) is 6.46. The molecule has 1 atom stereocenters. The van der Waals surface area contributed by atoms with E-state index in [4.69, 9.17) is 9.47 Å². The van der Waals surface area contributed by atoms with Gasteiger partial charge in [-0.2, -0.15) is 0 Å². The molecule has 0 amide bonds. The maximum absolute atomic E-state index is 13.9. The van der Waals surface area contributed by atoms with Gasteiger partial charge in [-0.1, -0.05) is 19.9 Å². The molecule has 2 N–H and O–H groups in total. The summed E-state index contributed by atoms with van der Waals surface area (Å²) in [5.41, 5.74) is 0.832. The minimum absolute atomic E-state index is 0.232. The average Bonchev–Trinajstić information content (AvgIpc) is 2.59. The molecule has 0 saturated carbocycles. The van der Waals surface area contributed by atoms with Gasteiger partial charge in [0.05, 0.1) is 12.7 Å². The highest BCUT2D eigenvalue weighted by Gasteiger charge is 2.13. The van der Waals surface area contributed by atoms with Crippen LogP contribution < -0.4 is 15.4 Å². The van der Waals surface area contributed by atoms with Crippen LogP contribution in [-0.4, -0.2) is 38.9 Å². The van der Waals surface area contributed by atoms with Crippen LogP contribution >= 0.6 is 0 Å². The van der Waals surface area contributed by atoms with E-state index in [9.17, 15) is 4.39 Å². The predicted molar refractivity (Wildman–Crippen MR) is 101 cm³/mol. The van der Waals surface area contributed by atoms with Gasteiger partial charge in [0.15, 0.2) is 17.5 Å². The lowest BCUT2D eigenvalue weighted by Crippen LogP contribution is -2.38. The van der Waals surface area contributed by atoms with Gasteiger partial charge in [0.1, 0.15) is 0 Å². The highest BCUT2D eigenvalue weighted by molar-refractivity contribution is 5.79. The topological polar surface area (TPSA) is 54.9 Å². The first-order chi connectivity index (χ1) is 12.0. The first kappa shape index (κ1) is 21.2. The van der Waals surface area contributed by atoms with Gasteiger partial charge in [0.25, 0.3) is 0 Å². The molecule has 1 unspecified atom stereocenters. The molecule has 5 nitrogen and oxygen atoms in total. The van der Waals surface area contributed by atoms with Gasteiger partial charge in [0, 0.05) is 26.7 Å². The number of hydrogen-bond acceptors (Lipinski definition) is 3. The second kappa shape index (κ2) is 11.7. The van der Waals surface area contributed by atoms with Crippen LogP contribution in [0.25, 0.3) is 0 Å². The molecular formula is C19H32FN3O2. The zero-order chi connectivity index (χ0) is 18.7. The van der Waals surface area contributed by atoms with Crippen molar-refractivity contribution in [1.29, 1.82) is 0 Å². The van der Waals surface area contributed by atoms with Crippen molar-refractivity contribution in [3.05, 3.63) is 29.6 Å². The summed E-state index contributed by atoms with van der Waals surface area (Å²) < 4.78 is 24.8. The van der Waals surface area contributed by atoms with Crippen molar-refractivity contribution in [2.75, 3.05) is 26.8 Å². The van der Waals surface area contributed by atoms with Gasteiger partial charge >= 0.3 is 0 Å². The van der Waals surface area contributed by atoms with Crippen LogP contribution in [0.3, 0.4) is 0 Å². The number of guanidine groups is 1. The Morgan fingerprint density at radius 2 is 1.96 bits per heavy atom. The van der Waals surface area contributed by atoms with E-state index in [1.54, 1.807) is 13.1 Å². The van der Waals surface area contributed by atoms with Gasteiger partial charge in [0.2, 0.25) is 0 Å². The number of hydrogen-bond donors (Lipinski definition) is 2. The Kier molecular flexibility index (Phi) is 9.92. The van der Waals surface area contributed by atoms with Crippen LogP contribution in [0, 0.1) is 11.7 Å². The minimum atomic E-state index is -0.347. The number of ether oxygens (including phenoxy) is 2. The summed E-state index contributed by atoms with van der Waals surface area (Å²) in [6, 6.07) is 4.98. The van der Waals surface area contributed by atoms with Crippen molar-refractivity contribution in [3.63, 3.8) is 0 Å². The monoisotopic (exact) mass is 353 g/mol. The molecule has 0 saturated heterocycles. The standard InChI is InChI=1S/C19H32FN3O2/c1-6-24-17(14(3)4)10-11-22-19(21-5)23-13-15-8-9-18(25-7-2)16(20)12-15/h8-9,12,14,17H,6-7,10-11,13H2,1-5H3,(H2,21,22,23). The smallest absolute Gasteiger partial charge is 0.191 e. The summed E-state index contributed by atoms with van der Waals surface area (Å²) in [6.07, 6.45) is 1.14. The molecular weight excluding hydrogens is 321 g/mol. The maximum Gasteiger partial charge on any atom is 0.191 e. The van der Waals surface area contributed by atoms with Crippen molar-refractivity contribution >= 4 is 5.96 Å².